The van der Waals surface area contributed by atoms with Crippen LogP contribution in [0.3, 0.4) is 0 Å². The van der Waals surface area contributed by atoms with Gasteiger partial charge < -0.3 is 4.90 Å². The molecule has 0 N–H and O–H groups in total. The lowest BCUT2D eigenvalue weighted by Gasteiger charge is -2.24. The highest BCUT2D eigenvalue weighted by Gasteiger charge is 2.22. The van der Waals surface area contributed by atoms with E-state index in [-0.39, 0.29) is 5.91 Å². The van der Waals surface area contributed by atoms with Gasteiger partial charge in [0.25, 0.3) is 5.91 Å². The number of nitrogens with zero attached hydrogens (tertiary/aromatic N) is 3. The highest BCUT2D eigenvalue weighted by atomic mass is 32.1. The van der Waals surface area contributed by atoms with Crippen molar-refractivity contribution in [3.8, 4) is 0 Å². The SMILES string of the molecule is CCN(CC)CCN(C(=O)c1ccc2ccccc2c1)c1nc2cc(C)c(C)cc2s1. The maximum absolute atomic E-state index is 13.7. The number of carbonyl (C=O) groups excluding carboxylic acids is 1. The quantitative estimate of drug-likeness (QED) is 0.357. The monoisotopic (exact) mass is 431 g/mol. The van der Waals surface area contributed by atoms with Crippen LogP contribution in [0.4, 0.5) is 5.13 Å². The van der Waals surface area contributed by atoms with Gasteiger partial charge in [0.2, 0.25) is 0 Å². The van der Waals surface area contributed by atoms with Gasteiger partial charge in [0.1, 0.15) is 0 Å². The Morgan fingerprint density at radius 2 is 1.61 bits per heavy atom. The summed E-state index contributed by atoms with van der Waals surface area (Å²) in [7, 11) is 0. The second kappa shape index (κ2) is 9.16. The van der Waals surface area contributed by atoms with Gasteiger partial charge in [-0.2, -0.15) is 0 Å². The predicted molar refractivity (Wildman–Crippen MR) is 133 cm³/mol. The molecule has 0 unspecified atom stereocenters. The Morgan fingerprint density at radius 1 is 0.903 bits per heavy atom. The molecule has 1 aromatic heterocycles. The molecule has 3 aromatic carbocycles. The van der Waals surface area contributed by atoms with Crippen LogP contribution in [0, 0.1) is 13.8 Å². The fourth-order valence-corrected chi connectivity index (χ4v) is 4.90. The Labute approximate surface area is 188 Å². The van der Waals surface area contributed by atoms with Crippen LogP contribution in [0.2, 0.25) is 0 Å². The van der Waals surface area contributed by atoms with Crippen molar-refractivity contribution in [1.82, 2.24) is 9.88 Å². The van der Waals surface area contributed by atoms with Crippen molar-refractivity contribution in [3.05, 3.63) is 71.3 Å². The molecule has 0 atom stereocenters. The minimum atomic E-state index is 0.00501. The number of benzene rings is 3. The number of anilines is 1. The molecule has 4 nitrogen and oxygen atoms in total. The molecule has 0 saturated heterocycles. The van der Waals surface area contributed by atoms with Gasteiger partial charge in [0.05, 0.1) is 10.2 Å². The third-order valence-corrected chi connectivity index (χ3v) is 7.04. The first kappa shape index (κ1) is 21.5. The summed E-state index contributed by atoms with van der Waals surface area (Å²) in [6.07, 6.45) is 0. The van der Waals surface area contributed by atoms with Crippen LogP contribution in [-0.2, 0) is 0 Å². The van der Waals surface area contributed by atoms with Gasteiger partial charge in [-0.05, 0) is 73.1 Å². The number of likely N-dealkylation sites (N-methyl/N-ethyl adjacent to an activating group) is 1. The number of carbonyl (C=O) groups is 1. The molecule has 0 saturated carbocycles. The van der Waals surface area contributed by atoms with Gasteiger partial charge >= 0.3 is 0 Å². The van der Waals surface area contributed by atoms with E-state index in [0.29, 0.717) is 12.1 Å². The first-order valence-electron chi connectivity index (χ1n) is 10.9. The van der Waals surface area contributed by atoms with E-state index >= 15 is 0 Å². The molecule has 0 bridgehead atoms. The molecule has 4 aromatic rings. The Hall–Kier alpha value is -2.76. The lowest BCUT2D eigenvalue weighted by atomic mass is 10.1. The fourth-order valence-electron chi connectivity index (χ4n) is 3.83. The molecule has 31 heavy (non-hydrogen) atoms. The highest BCUT2D eigenvalue weighted by molar-refractivity contribution is 7.22. The van der Waals surface area contributed by atoms with Gasteiger partial charge in [-0.25, -0.2) is 4.98 Å². The number of thiazole rings is 1. The lowest BCUT2D eigenvalue weighted by Crippen LogP contribution is -2.38. The summed E-state index contributed by atoms with van der Waals surface area (Å²) in [6.45, 7) is 11.9. The van der Waals surface area contributed by atoms with E-state index in [1.54, 1.807) is 11.3 Å². The minimum absolute atomic E-state index is 0.00501. The van der Waals surface area contributed by atoms with Crippen LogP contribution < -0.4 is 4.90 Å². The number of hydrogen-bond acceptors (Lipinski definition) is 4. The van der Waals surface area contributed by atoms with Crippen LogP contribution in [0.5, 0.6) is 0 Å². The molecule has 1 heterocycles. The smallest absolute Gasteiger partial charge is 0.260 e. The third kappa shape index (κ3) is 4.48. The number of amides is 1. The number of hydrogen-bond donors (Lipinski definition) is 0. The van der Waals surface area contributed by atoms with E-state index in [0.717, 1.165) is 45.8 Å². The van der Waals surface area contributed by atoms with Crippen LogP contribution in [0.1, 0.15) is 35.3 Å². The molecule has 5 heteroatoms. The van der Waals surface area contributed by atoms with E-state index in [9.17, 15) is 4.79 Å². The molecular formula is C26H29N3OS. The van der Waals surface area contributed by atoms with Crippen molar-refractivity contribution in [1.29, 1.82) is 0 Å². The van der Waals surface area contributed by atoms with Gasteiger partial charge in [-0.1, -0.05) is 55.5 Å². The van der Waals surface area contributed by atoms with Crippen molar-refractivity contribution < 1.29 is 4.79 Å². The van der Waals surface area contributed by atoms with Gasteiger partial charge in [0.15, 0.2) is 5.13 Å². The van der Waals surface area contributed by atoms with Crippen LogP contribution >= 0.6 is 11.3 Å². The first-order chi connectivity index (χ1) is 15.0. The molecule has 0 aliphatic rings. The van der Waals surface area contributed by atoms with Crippen molar-refractivity contribution >= 4 is 43.4 Å². The van der Waals surface area contributed by atoms with Crippen molar-refractivity contribution in [2.24, 2.45) is 0 Å². The normalized spacial score (nSPS) is 11.5. The van der Waals surface area contributed by atoms with Crippen LogP contribution in [-0.4, -0.2) is 42.0 Å². The van der Waals surface area contributed by atoms with Crippen LogP contribution in [0.25, 0.3) is 21.0 Å². The Bertz CT molecular complexity index is 1190. The number of aryl methyl sites for hydroxylation is 2. The molecule has 0 aliphatic carbocycles. The minimum Gasteiger partial charge on any atom is -0.302 e. The van der Waals surface area contributed by atoms with E-state index in [2.05, 4.69) is 56.9 Å². The topological polar surface area (TPSA) is 36.4 Å². The summed E-state index contributed by atoms with van der Waals surface area (Å²) in [6, 6.07) is 18.4. The van der Waals surface area contributed by atoms with Gasteiger partial charge in [-0.3, -0.25) is 9.69 Å². The zero-order valence-electron chi connectivity index (χ0n) is 18.7. The molecule has 0 fully saturated rings. The molecule has 0 aliphatic heterocycles. The van der Waals surface area contributed by atoms with Crippen LogP contribution in [0.15, 0.2) is 54.6 Å². The standard InChI is InChI=1S/C26H29N3OS/c1-5-28(6-2)13-14-29(26-27-23-15-18(3)19(4)16-24(23)31-26)25(30)22-12-11-20-9-7-8-10-21(20)17-22/h7-12,15-17H,5-6,13-14H2,1-4H3. The van der Waals surface area contributed by atoms with Crippen molar-refractivity contribution in [2.45, 2.75) is 27.7 Å². The Morgan fingerprint density at radius 3 is 2.35 bits per heavy atom. The van der Waals surface area contributed by atoms with E-state index in [1.807, 2.05) is 35.2 Å². The third-order valence-electron chi connectivity index (χ3n) is 6.00. The second-order valence-electron chi connectivity index (χ2n) is 7.95. The number of aromatic nitrogens is 1. The molecule has 1 amide bonds. The van der Waals surface area contributed by atoms with Gasteiger partial charge in [0, 0.05) is 18.7 Å². The molecule has 0 radical (unpaired) electrons. The van der Waals surface area contributed by atoms with E-state index < -0.39 is 0 Å². The summed E-state index contributed by atoms with van der Waals surface area (Å²) in [5, 5.41) is 2.98. The predicted octanol–water partition coefficient (Wildman–Crippen LogP) is 6.05. The average Bonchev–Trinajstić information content (AvgIpc) is 3.18. The molecule has 160 valence electrons. The average molecular weight is 432 g/mol. The Balaban J connectivity index is 1.73. The maximum Gasteiger partial charge on any atom is 0.260 e. The fraction of sp³-hybridized carbons (Fsp3) is 0.308. The van der Waals surface area contributed by atoms with E-state index in [1.165, 1.54) is 11.1 Å². The van der Waals surface area contributed by atoms with Gasteiger partial charge in [-0.15, -0.1) is 0 Å². The zero-order valence-corrected chi connectivity index (χ0v) is 19.5. The summed E-state index contributed by atoms with van der Waals surface area (Å²) >= 11 is 1.60. The number of rotatable bonds is 7. The summed E-state index contributed by atoms with van der Waals surface area (Å²) in [5.74, 6) is 0.00501. The molecule has 0 spiro atoms. The highest BCUT2D eigenvalue weighted by Crippen LogP contribution is 2.32. The number of fused-ring (bicyclic) bond motifs is 2. The molecular weight excluding hydrogens is 402 g/mol. The summed E-state index contributed by atoms with van der Waals surface area (Å²) in [4.78, 5) is 22.7. The molecule has 4 rings (SSSR count). The summed E-state index contributed by atoms with van der Waals surface area (Å²) in [5.41, 5.74) is 4.13. The lowest BCUT2D eigenvalue weighted by molar-refractivity contribution is 0.0984. The van der Waals surface area contributed by atoms with Crippen molar-refractivity contribution in [3.63, 3.8) is 0 Å². The Kier molecular flexibility index (Phi) is 6.35. The second-order valence-corrected chi connectivity index (χ2v) is 8.96. The largest absolute Gasteiger partial charge is 0.302 e. The summed E-state index contributed by atoms with van der Waals surface area (Å²) < 4.78 is 1.12. The zero-order chi connectivity index (χ0) is 22.0. The maximum atomic E-state index is 13.7. The van der Waals surface area contributed by atoms with Crippen molar-refractivity contribution in [2.75, 3.05) is 31.1 Å². The van der Waals surface area contributed by atoms with E-state index in [4.69, 9.17) is 4.98 Å². The first-order valence-corrected chi connectivity index (χ1v) is 11.7.